The molecule has 4 nitrogen and oxygen atoms in total. The van der Waals surface area contributed by atoms with Gasteiger partial charge in [-0.2, -0.15) is 0 Å². The zero-order valence-electron chi connectivity index (χ0n) is 11.5. The van der Waals surface area contributed by atoms with Gasteiger partial charge in [-0.1, -0.05) is 19.8 Å². The number of hydrogen-bond acceptors (Lipinski definition) is 3. The van der Waals surface area contributed by atoms with Crippen molar-refractivity contribution in [3.05, 3.63) is 23.8 Å². The van der Waals surface area contributed by atoms with Crippen molar-refractivity contribution in [1.82, 2.24) is 14.9 Å². The molecule has 102 valence electrons. The van der Waals surface area contributed by atoms with E-state index in [-0.39, 0.29) is 0 Å². The van der Waals surface area contributed by atoms with Crippen molar-refractivity contribution in [3.8, 4) is 0 Å². The first-order valence-corrected chi connectivity index (χ1v) is 7.30. The summed E-state index contributed by atoms with van der Waals surface area (Å²) in [6.07, 6.45) is 9.18. The highest BCUT2D eigenvalue weighted by atomic mass is 16.2. The molecule has 1 aromatic rings. The molecule has 1 atom stereocenters. The molecule has 0 N–H and O–H groups in total. The second-order valence-corrected chi connectivity index (χ2v) is 5.94. The van der Waals surface area contributed by atoms with Gasteiger partial charge < -0.3 is 4.90 Å². The van der Waals surface area contributed by atoms with Gasteiger partial charge in [0.25, 0.3) is 0 Å². The summed E-state index contributed by atoms with van der Waals surface area (Å²) in [6.45, 7) is 3.62. The van der Waals surface area contributed by atoms with Crippen LogP contribution in [0.5, 0.6) is 0 Å². The highest BCUT2D eigenvalue weighted by molar-refractivity contribution is 5.76. The van der Waals surface area contributed by atoms with Gasteiger partial charge in [-0.15, -0.1) is 0 Å². The average molecular weight is 259 g/mol. The van der Waals surface area contributed by atoms with Crippen molar-refractivity contribution in [2.75, 3.05) is 6.54 Å². The van der Waals surface area contributed by atoms with E-state index >= 15 is 0 Å². The van der Waals surface area contributed by atoms with Crippen molar-refractivity contribution in [2.24, 2.45) is 5.92 Å². The molecule has 0 bridgehead atoms. The minimum absolute atomic E-state index is 0.294. The van der Waals surface area contributed by atoms with Crippen LogP contribution in [0.2, 0.25) is 0 Å². The van der Waals surface area contributed by atoms with Gasteiger partial charge in [0.05, 0.1) is 5.69 Å². The Balaban J connectivity index is 1.58. The molecule has 1 aromatic heterocycles. The van der Waals surface area contributed by atoms with Crippen LogP contribution >= 0.6 is 0 Å². The SMILES string of the molecule is CC1CN(C(=O)CCCC2CC2)Cc2cncnc21. The predicted octanol–water partition coefficient (Wildman–Crippen LogP) is 2.50. The van der Waals surface area contributed by atoms with E-state index in [0.29, 0.717) is 24.8 Å². The largest absolute Gasteiger partial charge is 0.338 e. The zero-order valence-corrected chi connectivity index (χ0v) is 11.5. The average Bonchev–Trinajstić information content (AvgIpc) is 3.23. The maximum Gasteiger partial charge on any atom is 0.222 e. The molecule has 1 unspecified atom stereocenters. The van der Waals surface area contributed by atoms with Gasteiger partial charge >= 0.3 is 0 Å². The Hall–Kier alpha value is -1.45. The van der Waals surface area contributed by atoms with Crippen LogP contribution in [-0.2, 0) is 11.3 Å². The first-order chi connectivity index (χ1) is 9.24. The Morgan fingerprint density at radius 1 is 1.47 bits per heavy atom. The molecule has 1 aliphatic heterocycles. The minimum Gasteiger partial charge on any atom is -0.338 e. The third-order valence-corrected chi connectivity index (χ3v) is 4.20. The summed E-state index contributed by atoms with van der Waals surface area (Å²) in [6, 6.07) is 0. The smallest absolute Gasteiger partial charge is 0.222 e. The molecule has 1 amide bonds. The second kappa shape index (κ2) is 5.27. The summed E-state index contributed by atoms with van der Waals surface area (Å²) in [5.74, 6) is 1.53. The van der Waals surface area contributed by atoms with Crippen molar-refractivity contribution in [2.45, 2.75) is 51.5 Å². The third-order valence-electron chi connectivity index (χ3n) is 4.20. The van der Waals surface area contributed by atoms with Gasteiger partial charge in [-0.3, -0.25) is 4.79 Å². The van der Waals surface area contributed by atoms with Gasteiger partial charge in [-0.25, -0.2) is 9.97 Å². The van der Waals surface area contributed by atoms with Crippen molar-refractivity contribution < 1.29 is 4.79 Å². The number of carbonyl (C=O) groups excluding carboxylic acids is 1. The molecule has 0 saturated heterocycles. The topological polar surface area (TPSA) is 46.1 Å². The predicted molar refractivity (Wildman–Crippen MR) is 72.4 cm³/mol. The molecule has 19 heavy (non-hydrogen) atoms. The monoisotopic (exact) mass is 259 g/mol. The van der Waals surface area contributed by atoms with Gasteiger partial charge in [0.15, 0.2) is 0 Å². The van der Waals surface area contributed by atoms with E-state index in [2.05, 4.69) is 16.9 Å². The Bertz CT molecular complexity index is 470. The van der Waals surface area contributed by atoms with Crippen LogP contribution in [0.4, 0.5) is 0 Å². The van der Waals surface area contributed by atoms with Crippen molar-refractivity contribution in [1.29, 1.82) is 0 Å². The van der Waals surface area contributed by atoms with Crippen molar-refractivity contribution >= 4 is 5.91 Å². The molecule has 0 spiro atoms. The first kappa shape index (κ1) is 12.6. The maximum atomic E-state index is 12.2. The quantitative estimate of drug-likeness (QED) is 0.834. The lowest BCUT2D eigenvalue weighted by atomic mass is 9.97. The summed E-state index contributed by atoms with van der Waals surface area (Å²) in [7, 11) is 0. The fourth-order valence-corrected chi connectivity index (χ4v) is 2.92. The molecular formula is C15H21N3O. The summed E-state index contributed by atoms with van der Waals surface area (Å²) in [5, 5.41) is 0. The van der Waals surface area contributed by atoms with Crippen LogP contribution in [-0.4, -0.2) is 27.3 Å². The molecule has 0 aromatic carbocycles. The van der Waals surface area contributed by atoms with E-state index in [1.54, 1.807) is 6.33 Å². The number of aromatic nitrogens is 2. The highest BCUT2D eigenvalue weighted by Gasteiger charge is 2.27. The van der Waals surface area contributed by atoms with E-state index < -0.39 is 0 Å². The number of rotatable bonds is 4. The lowest BCUT2D eigenvalue weighted by Gasteiger charge is -2.32. The molecule has 4 heteroatoms. The van der Waals surface area contributed by atoms with E-state index in [9.17, 15) is 4.79 Å². The van der Waals surface area contributed by atoms with Gasteiger partial charge in [0, 0.05) is 37.2 Å². The first-order valence-electron chi connectivity index (χ1n) is 7.30. The van der Waals surface area contributed by atoms with Crippen LogP contribution in [0, 0.1) is 5.92 Å². The Morgan fingerprint density at radius 3 is 3.11 bits per heavy atom. The van der Waals surface area contributed by atoms with E-state index in [1.165, 1.54) is 19.3 Å². The van der Waals surface area contributed by atoms with E-state index in [4.69, 9.17) is 0 Å². The van der Waals surface area contributed by atoms with E-state index in [0.717, 1.165) is 30.1 Å². The maximum absolute atomic E-state index is 12.2. The molecule has 1 fully saturated rings. The number of carbonyl (C=O) groups is 1. The third kappa shape index (κ3) is 2.94. The van der Waals surface area contributed by atoms with E-state index in [1.807, 2.05) is 11.1 Å². The van der Waals surface area contributed by atoms with Gasteiger partial charge in [0.1, 0.15) is 6.33 Å². The summed E-state index contributed by atoms with van der Waals surface area (Å²) in [4.78, 5) is 22.6. The number of nitrogens with zero attached hydrogens (tertiary/aromatic N) is 3. The molecule has 2 heterocycles. The highest BCUT2D eigenvalue weighted by Crippen LogP contribution is 2.34. The van der Waals surface area contributed by atoms with Crippen LogP contribution in [0.25, 0.3) is 0 Å². The Morgan fingerprint density at radius 2 is 2.32 bits per heavy atom. The Kier molecular flexibility index (Phi) is 3.49. The van der Waals surface area contributed by atoms with Crippen LogP contribution < -0.4 is 0 Å². The fraction of sp³-hybridized carbons (Fsp3) is 0.667. The van der Waals surface area contributed by atoms with Crippen LogP contribution in [0.15, 0.2) is 12.5 Å². The lowest BCUT2D eigenvalue weighted by Crippen LogP contribution is -2.38. The van der Waals surface area contributed by atoms with Crippen LogP contribution in [0.1, 0.15) is 56.2 Å². The standard InChI is InChI=1S/C15H21N3O/c1-11-8-18(9-13-7-16-10-17-15(11)13)14(19)4-2-3-12-5-6-12/h7,10-12H,2-6,8-9H2,1H3. The Labute approximate surface area is 114 Å². The minimum atomic E-state index is 0.294. The second-order valence-electron chi connectivity index (χ2n) is 5.94. The van der Waals surface area contributed by atoms with Gasteiger partial charge in [-0.05, 0) is 18.8 Å². The lowest BCUT2D eigenvalue weighted by molar-refractivity contribution is -0.132. The molecular weight excluding hydrogens is 238 g/mol. The summed E-state index contributed by atoms with van der Waals surface area (Å²) < 4.78 is 0. The molecule has 0 radical (unpaired) electrons. The molecule has 2 aliphatic rings. The number of hydrogen-bond donors (Lipinski definition) is 0. The molecule has 1 aliphatic carbocycles. The van der Waals surface area contributed by atoms with Crippen LogP contribution in [0.3, 0.4) is 0 Å². The zero-order chi connectivity index (χ0) is 13.2. The normalized spacial score (nSPS) is 22.2. The summed E-state index contributed by atoms with van der Waals surface area (Å²) in [5.41, 5.74) is 2.22. The molecule has 3 rings (SSSR count). The van der Waals surface area contributed by atoms with Crippen molar-refractivity contribution in [3.63, 3.8) is 0 Å². The summed E-state index contributed by atoms with van der Waals surface area (Å²) >= 11 is 0. The number of amides is 1. The molecule has 1 saturated carbocycles. The van der Waals surface area contributed by atoms with Gasteiger partial charge in [0.2, 0.25) is 5.91 Å². The number of fused-ring (bicyclic) bond motifs is 1. The fourth-order valence-electron chi connectivity index (χ4n) is 2.92.